The second-order valence-corrected chi connectivity index (χ2v) is 8.13. The summed E-state index contributed by atoms with van der Waals surface area (Å²) in [5, 5.41) is 3.68. The van der Waals surface area contributed by atoms with Crippen LogP contribution in [0.2, 0.25) is 0 Å². The van der Waals surface area contributed by atoms with Gasteiger partial charge in [0.15, 0.2) is 0 Å². The minimum Gasteiger partial charge on any atom is -0.490 e. The highest BCUT2D eigenvalue weighted by Gasteiger charge is 2.29. The van der Waals surface area contributed by atoms with E-state index in [1.54, 1.807) is 0 Å². The molecular weight excluding hydrogens is 326 g/mol. The number of nitrogens with zero attached hydrogens (tertiary/aromatic N) is 2. The highest BCUT2D eigenvalue weighted by Crippen LogP contribution is 2.38. The maximum atomic E-state index is 12.6. The van der Waals surface area contributed by atoms with Crippen molar-refractivity contribution in [2.45, 2.75) is 64.1 Å². The number of rotatable bonds is 3. The third kappa shape index (κ3) is 3.54. The molecule has 0 aromatic heterocycles. The number of piperidine rings is 1. The molecular formula is C21H31N3O2. The first-order chi connectivity index (χ1) is 12.6. The summed E-state index contributed by atoms with van der Waals surface area (Å²) in [5.74, 6) is 1.49. The Bertz CT molecular complexity index is 657. The second kappa shape index (κ2) is 7.47. The fourth-order valence-corrected chi connectivity index (χ4v) is 4.41. The SMILES string of the molecule is CC1Oc2ccc(CNC3CCCN(C(=O)N4CCCC4)C3)cc2C1C. The average molecular weight is 357 g/mol. The van der Waals surface area contributed by atoms with Gasteiger partial charge in [-0.1, -0.05) is 19.1 Å². The average Bonchev–Trinajstić information content (AvgIpc) is 3.29. The topological polar surface area (TPSA) is 44.8 Å². The van der Waals surface area contributed by atoms with Gasteiger partial charge in [0.25, 0.3) is 0 Å². The first-order valence-electron chi connectivity index (χ1n) is 10.2. The molecule has 3 heterocycles. The number of hydrogen-bond acceptors (Lipinski definition) is 3. The van der Waals surface area contributed by atoms with Crippen molar-refractivity contribution in [2.24, 2.45) is 0 Å². The van der Waals surface area contributed by atoms with Crippen molar-refractivity contribution in [2.75, 3.05) is 26.2 Å². The summed E-state index contributed by atoms with van der Waals surface area (Å²) in [6.07, 6.45) is 4.80. The zero-order valence-electron chi connectivity index (χ0n) is 16.0. The molecule has 5 nitrogen and oxygen atoms in total. The fraction of sp³-hybridized carbons (Fsp3) is 0.667. The predicted molar refractivity (Wildman–Crippen MR) is 103 cm³/mol. The van der Waals surface area contributed by atoms with Crippen LogP contribution in [-0.4, -0.2) is 54.2 Å². The van der Waals surface area contributed by atoms with Gasteiger partial charge in [-0.05, 0) is 44.2 Å². The number of urea groups is 1. The molecule has 26 heavy (non-hydrogen) atoms. The Morgan fingerprint density at radius 2 is 1.92 bits per heavy atom. The van der Waals surface area contributed by atoms with Gasteiger partial charge in [-0.25, -0.2) is 4.79 Å². The number of carbonyl (C=O) groups is 1. The number of hydrogen-bond donors (Lipinski definition) is 1. The molecule has 0 spiro atoms. The molecule has 5 heteroatoms. The van der Waals surface area contributed by atoms with Gasteiger partial charge in [0.2, 0.25) is 0 Å². The highest BCUT2D eigenvalue weighted by atomic mass is 16.5. The van der Waals surface area contributed by atoms with Crippen molar-refractivity contribution in [3.05, 3.63) is 29.3 Å². The van der Waals surface area contributed by atoms with E-state index in [2.05, 4.69) is 37.4 Å². The Hall–Kier alpha value is -1.75. The van der Waals surface area contributed by atoms with Crippen molar-refractivity contribution < 1.29 is 9.53 Å². The van der Waals surface area contributed by atoms with E-state index in [-0.39, 0.29) is 12.1 Å². The maximum absolute atomic E-state index is 12.6. The minimum absolute atomic E-state index is 0.242. The third-order valence-corrected chi connectivity index (χ3v) is 6.25. The number of ether oxygens (including phenoxy) is 1. The smallest absolute Gasteiger partial charge is 0.320 e. The minimum atomic E-state index is 0.242. The van der Waals surface area contributed by atoms with E-state index in [4.69, 9.17) is 4.74 Å². The summed E-state index contributed by atoms with van der Waals surface area (Å²) in [5.41, 5.74) is 2.63. The van der Waals surface area contributed by atoms with Gasteiger partial charge < -0.3 is 19.9 Å². The molecule has 0 radical (unpaired) electrons. The number of amides is 2. The molecule has 0 aliphatic carbocycles. The van der Waals surface area contributed by atoms with Crippen LogP contribution in [0.4, 0.5) is 4.79 Å². The number of nitrogens with one attached hydrogen (secondary N) is 1. The van der Waals surface area contributed by atoms with Crippen molar-refractivity contribution in [3.63, 3.8) is 0 Å². The quantitative estimate of drug-likeness (QED) is 0.902. The van der Waals surface area contributed by atoms with E-state index in [0.717, 1.165) is 64.2 Å². The van der Waals surface area contributed by atoms with E-state index >= 15 is 0 Å². The van der Waals surface area contributed by atoms with Crippen molar-refractivity contribution in [1.82, 2.24) is 15.1 Å². The van der Waals surface area contributed by atoms with E-state index in [0.29, 0.717) is 12.0 Å². The Kier molecular flexibility index (Phi) is 5.07. The molecule has 4 rings (SSSR count). The predicted octanol–water partition coefficient (Wildman–Crippen LogP) is 3.34. The summed E-state index contributed by atoms with van der Waals surface area (Å²) < 4.78 is 5.89. The second-order valence-electron chi connectivity index (χ2n) is 8.13. The largest absolute Gasteiger partial charge is 0.490 e. The molecule has 1 aromatic carbocycles. The number of fused-ring (bicyclic) bond motifs is 1. The molecule has 3 aliphatic rings. The number of benzene rings is 1. The Morgan fingerprint density at radius 1 is 1.15 bits per heavy atom. The van der Waals surface area contributed by atoms with Gasteiger partial charge in [-0.15, -0.1) is 0 Å². The van der Waals surface area contributed by atoms with Gasteiger partial charge in [0, 0.05) is 50.2 Å². The van der Waals surface area contributed by atoms with Crippen molar-refractivity contribution in [3.8, 4) is 5.75 Å². The lowest BCUT2D eigenvalue weighted by atomic mass is 9.96. The first-order valence-corrected chi connectivity index (χ1v) is 10.2. The van der Waals surface area contributed by atoms with Crippen LogP contribution in [0.3, 0.4) is 0 Å². The van der Waals surface area contributed by atoms with E-state index < -0.39 is 0 Å². The molecule has 2 fully saturated rings. The molecule has 3 aliphatic heterocycles. The molecule has 2 amide bonds. The van der Waals surface area contributed by atoms with Crippen LogP contribution in [0, 0.1) is 0 Å². The van der Waals surface area contributed by atoms with Crippen LogP contribution in [0.1, 0.15) is 56.6 Å². The number of likely N-dealkylation sites (tertiary alicyclic amines) is 2. The van der Waals surface area contributed by atoms with Crippen LogP contribution >= 0.6 is 0 Å². The molecule has 1 N–H and O–H groups in total. The van der Waals surface area contributed by atoms with Gasteiger partial charge in [-0.2, -0.15) is 0 Å². The fourth-order valence-electron chi connectivity index (χ4n) is 4.41. The molecule has 2 saturated heterocycles. The number of carbonyl (C=O) groups excluding carboxylic acids is 1. The lowest BCUT2D eigenvalue weighted by Gasteiger charge is -2.35. The van der Waals surface area contributed by atoms with E-state index in [1.807, 2.05) is 9.80 Å². The normalized spacial score (nSPS) is 28.2. The molecule has 3 atom stereocenters. The summed E-state index contributed by atoms with van der Waals surface area (Å²) in [7, 11) is 0. The van der Waals surface area contributed by atoms with Crippen molar-refractivity contribution in [1.29, 1.82) is 0 Å². The lowest BCUT2D eigenvalue weighted by molar-refractivity contribution is 0.142. The maximum Gasteiger partial charge on any atom is 0.320 e. The van der Waals surface area contributed by atoms with Gasteiger partial charge in [0.05, 0.1) is 0 Å². The molecule has 3 unspecified atom stereocenters. The summed E-state index contributed by atoms with van der Waals surface area (Å²) in [6, 6.07) is 7.18. The zero-order valence-corrected chi connectivity index (χ0v) is 16.0. The van der Waals surface area contributed by atoms with Gasteiger partial charge >= 0.3 is 6.03 Å². The van der Waals surface area contributed by atoms with Crippen LogP contribution in [0.5, 0.6) is 5.75 Å². The molecule has 142 valence electrons. The van der Waals surface area contributed by atoms with Crippen LogP contribution < -0.4 is 10.1 Å². The summed E-state index contributed by atoms with van der Waals surface area (Å²) in [6.45, 7) is 8.82. The monoisotopic (exact) mass is 357 g/mol. The lowest BCUT2D eigenvalue weighted by Crippen LogP contribution is -2.51. The van der Waals surface area contributed by atoms with Gasteiger partial charge in [-0.3, -0.25) is 0 Å². The molecule has 0 saturated carbocycles. The Labute approximate surface area is 156 Å². The Morgan fingerprint density at radius 3 is 2.73 bits per heavy atom. The summed E-state index contributed by atoms with van der Waals surface area (Å²) in [4.78, 5) is 16.7. The standard InChI is InChI=1S/C21H31N3O2/c1-15-16(2)26-20-8-7-17(12-19(15)20)13-22-18-6-5-11-24(14-18)21(25)23-9-3-4-10-23/h7-8,12,15-16,18,22H,3-6,9-11,13-14H2,1-2H3. The molecule has 0 bridgehead atoms. The van der Waals surface area contributed by atoms with Crippen LogP contribution in [0.15, 0.2) is 18.2 Å². The van der Waals surface area contributed by atoms with Gasteiger partial charge in [0.1, 0.15) is 11.9 Å². The van der Waals surface area contributed by atoms with E-state index in [1.165, 1.54) is 11.1 Å². The van der Waals surface area contributed by atoms with Crippen LogP contribution in [0.25, 0.3) is 0 Å². The molecule has 1 aromatic rings. The van der Waals surface area contributed by atoms with Crippen molar-refractivity contribution >= 4 is 6.03 Å². The Balaban J connectivity index is 1.33. The third-order valence-electron chi connectivity index (χ3n) is 6.25. The van der Waals surface area contributed by atoms with E-state index in [9.17, 15) is 4.79 Å². The van der Waals surface area contributed by atoms with Crippen LogP contribution in [-0.2, 0) is 6.54 Å². The highest BCUT2D eigenvalue weighted by molar-refractivity contribution is 5.74. The zero-order chi connectivity index (χ0) is 18.1. The first kappa shape index (κ1) is 17.7. The summed E-state index contributed by atoms with van der Waals surface area (Å²) >= 11 is 0.